The molecule has 3 fully saturated rings. The van der Waals surface area contributed by atoms with E-state index in [0.29, 0.717) is 17.5 Å². The van der Waals surface area contributed by atoms with Gasteiger partial charge in [0.15, 0.2) is 0 Å². The van der Waals surface area contributed by atoms with E-state index >= 15 is 0 Å². The van der Waals surface area contributed by atoms with Crippen LogP contribution in [0.25, 0.3) is 0 Å². The van der Waals surface area contributed by atoms with Crippen LogP contribution in [0.15, 0.2) is 24.3 Å². The molecule has 2 aliphatic carbocycles. The fourth-order valence-corrected chi connectivity index (χ4v) is 4.99. The predicted molar refractivity (Wildman–Crippen MR) is 102 cm³/mol. The minimum absolute atomic E-state index is 0.0132. The number of carbonyl (C=O) groups excluding carboxylic acids is 2. The topological polar surface area (TPSA) is 70.2 Å². The van der Waals surface area contributed by atoms with Gasteiger partial charge in [0, 0.05) is 23.8 Å². The Balaban J connectivity index is 1.39. The lowest BCUT2D eigenvalue weighted by atomic mass is 9.67. The molecule has 1 saturated heterocycles. The van der Waals surface area contributed by atoms with Crippen LogP contribution in [0.5, 0.6) is 0 Å². The molecule has 0 spiro atoms. The molecule has 0 radical (unpaired) electrons. The number of hydrogen-bond acceptors (Lipinski definition) is 3. The summed E-state index contributed by atoms with van der Waals surface area (Å²) in [5.41, 5.74) is 1.18. The van der Waals surface area contributed by atoms with Crippen molar-refractivity contribution in [1.82, 2.24) is 10.6 Å². The highest BCUT2D eigenvalue weighted by molar-refractivity contribution is 5.98. The monoisotopic (exact) mass is 355 g/mol. The smallest absolute Gasteiger partial charge is 0.251 e. The lowest BCUT2D eigenvalue weighted by molar-refractivity contribution is -0.128. The number of amides is 2. The average Bonchev–Trinajstić information content (AvgIpc) is 3.32. The molecule has 4 rings (SSSR count). The summed E-state index contributed by atoms with van der Waals surface area (Å²) in [4.78, 5) is 25.3. The SMILES string of the molecule is O=C(NC1CCCC1)c1ccc(NC(=O)[C@@]23CCCC[C@H]2CNC3)cc1. The summed E-state index contributed by atoms with van der Waals surface area (Å²) in [6.07, 6.45) is 9.03. The highest BCUT2D eigenvalue weighted by atomic mass is 16.2. The summed E-state index contributed by atoms with van der Waals surface area (Å²) < 4.78 is 0. The fraction of sp³-hybridized carbons (Fsp3) is 0.619. The van der Waals surface area contributed by atoms with Crippen LogP contribution in [0.2, 0.25) is 0 Å². The Bertz CT molecular complexity index is 666. The maximum atomic E-state index is 13.0. The van der Waals surface area contributed by atoms with Crippen LogP contribution in [0.4, 0.5) is 5.69 Å². The van der Waals surface area contributed by atoms with E-state index in [2.05, 4.69) is 16.0 Å². The minimum atomic E-state index is -0.253. The highest BCUT2D eigenvalue weighted by Crippen LogP contribution is 2.44. The first kappa shape index (κ1) is 17.5. The lowest BCUT2D eigenvalue weighted by Gasteiger charge is -2.37. The molecule has 0 bridgehead atoms. The van der Waals surface area contributed by atoms with Crippen molar-refractivity contribution in [2.75, 3.05) is 18.4 Å². The highest BCUT2D eigenvalue weighted by Gasteiger charge is 2.49. The van der Waals surface area contributed by atoms with E-state index in [1.165, 1.54) is 19.3 Å². The Kier molecular flexibility index (Phi) is 4.98. The summed E-state index contributed by atoms with van der Waals surface area (Å²) in [7, 11) is 0. The van der Waals surface area contributed by atoms with Gasteiger partial charge in [-0.2, -0.15) is 0 Å². The van der Waals surface area contributed by atoms with Crippen molar-refractivity contribution in [1.29, 1.82) is 0 Å². The van der Waals surface area contributed by atoms with E-state index in [0.717, 1.165) is 50.9 Å². The summed E-state index contributed by atoms with van der Waals surface area (Å²) in [5, 5.41) is 9.62. The minimum Gasteiger partial charge on any atom is -0.349 e. The molecule has 0 aromatic heterocycles. The lowest BCUT2D eigenvalue weighted by Crippen LogP contribution is -2.44. The van der Waals surface area contributed by atoms with Crippen LogP contribution >= 0.6 is 0 Å². The first-order valence-corrected chi connectivity index (χ1v) is 10.1. The van der Waals surface area contributed by atoms with Crippen LogP contribution < -0.4 is 16.0 Å². The fourth-order valence-electron chi connectivity index (χ4n) is 4.99. The number of rotatable bonds is 4. The summed E-state index contributed by atoms with van der Waals surface area (Å²) in [5.74, 6) is 0.573. The zero-order valence-electron chi connectivity index (χ0n) is 15.4. The van der Waals surface area contributed by atoms with Gasteiger partial charge in [-0.25, -0.2) is 0 Å². The Morgan fingerprint density at radius 3 is 2.50 bits per heavy atom. The van der Waals surface area contributed by atoms with Crippen LogP contribution in [0.3, 0.4) is 0 Å². The van der Waals surface area contributed by atoms with Crippen LogP contribution in [0, 0.1) is 11.3 Å². The van der Waals surface area contributed by atoms with E-state index in [9.17, 15) is 9.59 Å². The molecule has 2 atom stereocenters. The molecule has 1 aromatic rings. The Morgan fingerprint density at radius 2 is 1.73 bits per heavy atom. The third-order valence-electron chi connectivity index (χ3n) is 6.59. The van der Waals surface area contributed by atoms with Crippen LogP contribution in [0.1, 0.15) is 61.7 Å². The third kappa shape index (κ3) is 3.37. The molecule has 1 aromatic carbocycles. The molecule has 140 valence electrons. The first-order chi connectivity index (χ1) is 12.7. The normalized spacial score (nSPS) is 28.5. The molecule has 1 aliphatic heterocycles. The quantitative estimate of drug-likeness (QED) is 0.777. The van der Waals surface area contributed by atoms with Gasteiger partial charge in [0.2, 0.25) is 5.91 Å². The van der Waals surface area contributed by atoms with Gasteiger partial charge in [0.1, 0.15) is 0 Å². The average molecular weight is 355 g/mol. The van der Waals surface area contributed by atoms with Crippen molar-refractivity contribution in [3.8, 4) is 0 Å². The Morgan fingerprint density at radius 1 is 1.00 bits per heavy atom. The van der Waals surface area contributed by atoms with E-state index in [-0.39, 0.29) is 17.2 Å². The van der Waals surface area contributed by atoms with Gasteiger partial charge in [-0.15, -0.1) is 0 Å². The van der Waals surface area contributed by atoms with Gasteiger partial charge in [-0.05, 0) is 62.4 Å². The number of benzene rings is 1. The van der Waals surface area contributed by atoms with Gasteiger partial charge in [0.05, 0.1) is 5.41 Å². The van der Waals surface area contributed by atoms with E-state index in [1.807, 2.05) is 24.3 Å². The number of fused-ring (bicyclic) bond motifs is 1. The van der Waals surface area contributed by atoms with Crippen molar-refractivity contribution in [3.05, 3.63) is 29.8 Å². The maximum Gasteiger partial charge on any atom is 0.251 e. The van der Waals surface area contributed by atoms with Crippen molar-refractivity contribution in [2.24, 2.45) is 11.3 Å². The van der Waals surface area contributed by atoms with Crippen molar-refractivity contribution in [3.63, 3.8) is 0 Å². The van der Waals surface area contributed by atoms with Gasteiger partial charge >= 0.3 is 0 Å². The van der Waals surface area contributed by atoms with E-state index < -0.39 is 0 Å². The number of anilines is 1. The second-order valence-electron chi connectivity index (χ2n) is 8.22. The summed E-state index contributed by atoms with van der Waals surface area (Å²) >= 11 is 0. The molecule has 5 heteroatoms. The first-order valence-electron chi connectivity index (χ1n) is 10.1. The molecule has 26 heavy (non-hydrogen) atoms. The molecule has 5 nitrogen and oxygen atoms in total. The van der Waals surface area contributed by atoms with Crippen molar-refractivity contribution in [2.45, 2.75) is 57.4 Å². The van der Waals surface area contributed by atoms with Crippen molar-refractivity contribution < 1.29 is 9.59 Å². The second kappa shape index (κ2) is 7.39. The van der Waals surface area contributed by atoms with Gasteiger partial charge in [-0.1, -0.05) is 25.7 Å². The Hall–Kier alpha value is -1.88. The molecule has 3 N–H and O–H groups in total. The maximum absolute atomic E-state index is 13.0. The zero-order valence-corrected chi connectivity index (χ0v) is 15.4. The molecule has 3 aliphatic rings. The van der Waals surface area contributed by atoms with Gasteiger partial charge < -0.3 is 16.0 Å². The number of nitrogens with one attached hydrogen (secondary N) is 3. The van der Waals surface area contributed by atoms with Crippen molar-refractivity contribution >= 4 is 17.5 Å². The molecule has 1 heterocycles. The molecule has 2 amide bonds. The molecule has 2 saturated carbocycles. The summed E-state index contributed by atoms with van der Waals surface area (Å²) in [6, 6.07) is 7.63. The van der Waals surface area contributed by atoms with E-state index in [4.69, 9.17) is 0 Å². The predicted octanol–water partition coefficient (Wildman–Crippen LogP) is 3.08. The second-order valence-corrected chi connectivity index (χ2v) is 8.22. The number of hydrogen-bond donors (Lipinski definition) is 3. The molecular weight excluding hydrogens is 326 g/mol. The largest absolute Gasteiger partial charge is 0.349 e. The van der Waals surface area contributed by atoms with Gasteiger partial charge in [0.25, 0.3) is 5.91 Å². The van der Waals surface area contributed by atoms with Crippen LogP contribution in [-0.4, -0.2) is 30.9 Å². The van der Waals surface area contributed by atoms with Crippen LogP contribution in [-0.2, 0) is 4.79 Å². The van der Waals surface area contributed by atoms with Gasteiger partial charge in [-0.3, -0.25) is 9.59 Å². The number of carbonyl (C=O) groups is 2. The third-order valence-corrected chi connectivity index (χ3v) is 6.59. The standard InChI is InChI=1S/C21H29N3O2/c25-19(23-17-6-1-2-7-17)15-8-10-18(11-9-15)24-20(26)21-12-4-3-5-16(21)13-22-14-21/h8-11,16-17,22H,1-7,12-14H2,(H,23,25)(H,24,26)/t16-,21+/m0/s1. The molecule has 0 unspecified atom stereocenters. The zero-order chi connectivity index (χ0) is 18.0. The summed E-state index contributed by atoms with van der Waals surface area (Å²) in [6.45, 7) is 1.74. The molecular formula is C21H29N3O2. The Labute approximate surface area is 155 Å². The van der Waals surface area contributed by atoms with E-state index in [1.54, 1.807) is 0 Å².